The van der Waals surface area contributed by atoms with Gasteiger partial charge in [-0.3, -0.25) is 9.11 Å². The number of nitrogens with one attached hydrogen (secondary N) is 1. The second-order valence-electron chi connectivity index (χ2n) is 6.34. The first-order chi connectivity index (χ1) is 12.5. The third-order valence-corrected chi connectivity index (χ3v) is 3.45. The van der Waals surface area contributed by atoms with Crippen molar-refractivity contribution in [2.24, 2.45) is 5.92 Å². The van der Waals surface area contributed by atoms with Crippen LogP contribution in [0, 0.1) is 5.92 Å². The van der Waals surface area contributed by atoms with E-state index in [-0.39, 0.29) is 35.5 Å². The molecule has 0 aromatic carbocycles. The van der Waals surface area contributed by atoms with Crippen LogP contribution in [0.25, 0.3) is 0 Å². The Labute approximate surface area is 190 Å². The Balaban J connectivity index is -0.000000918. The fourth-order valence-corrected chi connectivity index (χ4v) is 2.07. The summed E-state index contributed by atoms with van der Waals surface area (Å²) in [4.78, 5) is 22.4. The number of carboxylic acid groups (broad SMARTS) is 1. The molecule has 0 rings (SSSR count). The molecule has 11 heteroatoms. The van der Waals surface area contributed by atoms with Crippen LogP contribution in [-0.4, -0.2) is 70.3 Å². The molecule has 1 amide bonds. The van der Waals surface area contributed by atoms with Gasteiger partial charge in [0.2, 0.25) is 0 Å². The molecule has 1 atom stereocenters. The molecule has 9 nitrogen and oxygen atoms in total. The van der Waals surface area contributed by atoms with E-state index in [0.717, 1.165) is 12.8 Å². The van der Waals surface area contributed by atoms with Crippen LogP contribution in [0.5, 0.6) is 0 Å². The van der Waals surface area contributed by atoms with Crippen LogP contribution >= 0.6 is 0 Å². The van der Waals surface area contributed by atoms with Gasteiger partial charge in [-0.25, -0.2) is 9.59 Å². The molecule has 0 bridgehead atoms. The summed E-state index contributed by atoms with van der Waals surface area (Å²) in [7, 11) is -4.67. The number of hydrogen-bond donors (Lipinski definition) is 4. The van der Waals surface area contributed by atoms with Crippen molar-refractivity contribution in [1.82, 2.24) is 5.32 Å². The van der Waals surface area contributed by atoms with E-state index in [4.69, 9.17) is 27.4 Å². The van der Waals surface area contributed by atoms with E-state index in [1.165, 1.54) is 44.8 Å². The Morgan fingerprint density at radius 2 is 1.50 bits per heavy atom. The van der Waals surface area contributed by atoms with Crippen molar-refractivity contribution in [3.05, 3.63) is 12.3 Å². The Kier molecular flexibility index (Phi) is 22.5. The normalized spacial score (nSPS) is 11.9. The zero-order valence-electron chi connectivity index (χ0n) is 16.3. The summed E-state index contributed by atoms with van der Waals surface area (Å²) in [5, 5.41) is 11.3. The van der Waals surface area contributed by atoms with Gasteiger partial charge in [0.1, 0.15) is 6.04 Å². The Morgan fingerprint density at radius 3 is 1.93 bits per heavy atom. The van der Waals surface area contributed by atoms with Gasteiger partial charge in [-0.15, -0.1) is 0 Å². The van der Waals surface area contributed by atoms with Crippen LogP contribution < -0.4 is 5.32 Å². The quantitative estimate of drug-likeness (QED) is 0.158. The SMILES string of the molecule is CCCCCCCCCC=COC(=O)N[C@H](C(=O)O)C(C)C.O=S(=O)(O)O.[NaH]. The molecular formula is C17H34NNaO8S. The molecule has 0 heterocycles. The number of carbonyl (C=O) groups is 2. The minimum atomic E-state index is -4.67. The third-order valence-electron chi connectivity index (χ3n) is 3.45. The maximum atomic E-state index is 11.5. The Morgan fingerprint density at radius 1 is 1.04 bits per heavy atom. The molecule has 0 saturated carbocycles. The summed E-state index contributed by atoms with van der Waals surface area (Å²) in [5.74, 6) is -1.25. The molecule has 0 unspecified atom stereocenters. The molecule has 0 aliphatic rings. The average Bonchev–Trinajstić information content (AvgIpc) is 2.52. The van der Waals surface area contributed by atoms with E-state index in [2.05, 4.69) is 12.2 Å². The number of rotatable bonds is 12. The summed E-state index contributed by atoms with van der Waals surface area (Å²) < 4.78 is 36.4. The summed E-state index contributed by atoms with van der Waals surface area (Å²) in [6.45, 7) is 5.67. The number of alkyl carbamates (subject to hydrolysis) is 1. The number of unbranched alkanes of at least 4 members (excludes halogenated alkanes) is 7. The fourth-order valence-electron chi connectivity index (χ4n) is 2.07. The predicted octanol–water partition coefficient (Wildman–Crippen LogP) is 3.17. The van der Waals surface area contributed by atoms with Crippen molar-refractivity contribution in [2.45, 2.75) is 78.2 Å². The van der Waals surface area contributed by atoms with Crippen LogP contribution in [0.1, 0.15) is 72.1 Å². The van der Waals surface area contributed by atoms with Crippen LogP contribution in [0.3, 0.4) is 0 Å². The minimum absolute atomic E-state index is 0. The molecule has 0 fully saturated rings. The molecule has 0 spiro atoms. The van der Waals surface area contributed by atoms with Crippen molar-refractivity contribution in [3.8, 4) is 0 Å². The first-order valence-corrected chi connectivity index (χ1v) is 10.4. The van der Waals surface area contributed by atoms with E-state index < -0.39 is 28.5 Å². The van der Waals surface area contributed by atoms with Crippen LogP contribution in [0.4, 0.5) is 4.79 Å². The number of allylic oxidation sites excluding steroid dienone is 1. The molecule has 162 valence electrons. The second-order valence-corrected chi connectivity index (χ2v) is 7.23. The molecular weight excluding hydrogens is 401 g/mol. The van der Waals surface area contributed by atoms with Crippen LogP contribution in [0.15, 0.2) is 12.3 Å². The van der Waals surface area contributed by atoms with E-state index in [1.807, 2.05) is 0 Å². The molecule has 0 aliphatic heterocycles. The summed E-state index contributed by atoms with van der Waals surface area (Å²) in [6, 6.07) is -0.927. The molecule has 0 radical (unpaired) electrons. The first-order valence-electron chi connectivity index (χ1n) is 9.03. The molecule has 0 aromatic heterocycles. The molecule has 28 heavy (non-hydrogen) atoms. The van der Waals surface area contributed by atoms with Crippen molar-refractivity contribution in [2.75, 3.05) is 0 Å². The number of carboxylic acids is 1. The predicted molar refractivity (Wildman–Crippen MR) is 109 cm³/mol. The van der Waals surface area contributed by atoms with Gasteiger partial charge in [-0.1, -0.05) is 59.3 Å². The van der Waals surface area contributed by atoms with Crippen LogP contribution in [-0.2, 0) is 19.9 Å². The van der Waals surface area contributed by atoms with E-state index >= 15 is 0 Å². The topological polar surface area (TPSA) is 150 Å². The van der Waals surface area contributed by atoms with E-state index in [1.54, 1.807) is 19.9 Å². The molecule has 4 N–H and O–H groups in total. The van der Waals surface area contributed by atoms with Gasteiger partial charge in [-0.2, -0.15) is 8.42 Å². The summed E-state index contributed by atoms with van der Waals surface area (Å²) >= 11 is 0. The van der Waals surface area contributed by atoms with Crippen molar-refractivity contribution < 1.29 is 37.0 Å². The van der Waals surface area contributed by atoms with Crippen molar-refractivity contribution in [3.63, 3.8) is 0 Å². The van der Waals surface area contributed by atoms with Crippen molar-refractivity contribution >= 4 is 52.0 Å². The van der Waals surface area contributed by atoms with Gasteiger partial charge in [0.05, 0.1) is 6.26 Å². The molecule has 0 aromatic rings. The van der Waals surface area contributed by atoms with Gasteiger partial charge >= 0.3 is 52.0 Å². The van der Waals surface area contributed by atoms with E-state index in [0.29, 0.717) is 0 Å². The van der Waals surface area contributed by atoms with E-state index in [9.17, 15) is 9.59 Å². The summed E-state index contributed by atoms with van der Waals surface area (Å²) in [6.07, 6.45) is 12.0. The number of hydrogen-bond acceptors (Lipinski definition) is 5. The van der Waals surface area contributed by atoms with Crippen molar-refractivity contribution in [1.29, 1.82) is 0 Å². The Bertz CT molecular complexity index is 529. The van der Waals surface area contributed by atoms with Crippen LogP contribution in [0.2, 0.25) is 0 Å². The zero-order chi connectivity index (χ0) is 21.3. The van der Waals surface area contributed by atoms with Gasteiger partial charge in [0, 0.05) is 0 Å². The maximum absolute atomic E-state index is 11.5. The van der Waals surface area contributed by atoms with Gasteiger partial charge in [0.25, 0.3) is 0 Å². The third kappa shape index (κ3) is 27.6. The number of ether oxygens (including phenoxy) is 1. The molecule has 0 saturated heterocycles. The van der Waals surface area contributed by atoms with Gasteiger partial charge in [-0.05, 0) is 24.8 Å². The zero-order valence-corrected chi connectivity index (χ0v) is 17.1. The average molecular weight is 436 g/mol. The monoisotopic (exact) mass is 435 g/mol. The van der Waals surface area contributed by atoms with Gasteiger partial charge in [0.15, 0.2) is 0 Å². The molecule has 0 aliphatic carbocycles. The summed E-state index contributed by atoms with van der Waals surface area (Å²) in [5.41, 5.74) is 0. The number of amides is 1. The second kappa shape index (κ2) is 19.7. The number of carbonyl (C=O) groups excluding carboxylic acids is 1. The van der Waals surface area contributed by atoms with Gasteiger partial charge < -0.3 is 15.2 Å². The fraction of sp³-hybridized carbons (Fsp3) is 0.765. The first kappa shape index (κ1) is 32.0. The number of aliphatic carboxylic acids is 1. The Hall–Kier alpha value is -0.650. The standard InChI is InChI=1S/C17H31NO4.Na.H2O4S.H/c1-4-5-6-7-8-9-10-11-12-13-22-17(21)18-15(14(2)3)16(19)20;;1-5(2,3)4;/h12-15H,4-11H2,1-3H3,(H,18,21)(H,19,20);;(H2,1,2,3,4);/t15-;;;/m0.../s1.